The lowest BCUT2D eigenvalue weighted by Crippen LogP contribution is -2.25. The molecule has 104 valence electrons. The largest absolute Gasteiger partial charge is 0.483 e. The van der Waals surface area contributed by atoms with E-state index < -0.39 is 0 Å². The van der Waals surface area contributed by atoms with Crippen LogP contribution in [0.5, 0.6) is 5.75 Å². The first-order valence-corrected chi connectivity index (χ1v) is 7.10. The van der Waals surface area contributed by atoms with Gasteiger partial charge in [-0.3, -0.25) is 4.79 Å². The maximum Gasteiger partial charge on any atom is 0.277 e. The van der Waals surface area contributed by atoms with Crippen LogP contribution in [-0.2, 0) is 4.79 Å². The molecule has 0 saturated heterocycles. The van der Waals surface area contributed by atoms with Crippen molar-refractivity contribution in [2.75, 3.05) is 6.61 Å². The number of ether oxygens (including phenoxy) is 1. The molecule has 1 amide bonds. The van der Waals surface area contributed by atoms with Gasteiger partial charge < -0.3 is 4.74 Å². The van der Waals surface area contributed by atoms with E-state index in [0.29, 0.717) is 5.75 Å². The smallest absolute Gasteiger partial charge is 0.277 e. The van der Waals surface area contributed by atoms with Crippen molar-refractivity contribution in [3.8, 4) is 5.75 Å². The predicted octanol–water partition coefficient (Wildman–Crippen LogP) is 2.98. The van der Waals surface area contributed by atoms with Gasteiger partial charge in [-0.15, -0.1) is 11.3 Å². The highest BCUT2D eigenvalue weighted by atomic mass is 32.1. The fourth-order valence-corrected chi connectivity index (χ4v) is 2.26. The van der Waals surface area contributed by atoms with Gasteiger partial charge >= 0.3 is 0 Å². The minimum Gasteiger partial charge on any atom is -0.483 e. The highest BCUT2D eigenvalue weighted by molar-refractivity contribution is 7.12. The van der Waals surface area contributed by atoms with Crippen LogP contribution < -0.4 is 10.2 Å². The first kappa shape index (κ1) is 14.3. The second-order valence-electron chi connectivity index (χ2n) is 4.26. The molecule has 5 heteroatoms. The van der Waals surface area contributed by atoms with Crippen molar-refractivity contribution in [3.05, 3.63) is 52.2 Å². The maximum absolute atomic E-state index is 11.7. The van der Waals surface area contributed by atoms with Crippen molar-refractivity contribution in [2.45, 2.75) is 13.8 Å². The molecule has 20 heavy (non-hydrogen) atoms. The van der Waals surface area contributed by atoms with Crippen LogP contribution in [-0.4, -0.2) is 18.2 Å². The third kappa shape index (κ3) is 3.93. The van der Waals surface area contributed by atoms with Crippen LogP contribution in [0.2, 0.25) is 0 Å². The Morgan fingerprint density at radius 3 is 2.80 bits per heavy atom. The Kier molecular flexibility index (Phi) is 4.90. The zero-order valence-corrected chi connectivity index (χ0v) is 12.2. The van der Waals surface area contributed by atoms with Crippen LogP contribution in [0, 0.1) is 6.92 Å². The summed E-state index contributed by atoms with van der Waals surface area (Å²) in [5.41, 5.74) is 4.27. The minimum atomic E-state index is -0.274. The molecule has 2 rings (SSSR count). The highest BCUT2D eigenvalue weighted by Gasteiger charge is 2.04. The van der Waals surface area contributed by atoms with Gasteiger partial charge in [0, 0.05) is 4.88 Å². The molecule has 0 saturated carbocycles. The number of carbonyl (C=O) groups is 1. The van der Waals surface area contributed by atoms with Gasteiger partial charge in [0.05, 0.1) is 5.71 Å². The maximum atomic E-state index is 11.7. The van der Waals surface area contributed by atoms with Gasteiger partial charge in [-0.2, -0.15) is 5.10 Å². The van der Waals surface area contributed by atoms with Crippen molar-refractivity contribution in [2.24, 2.45) is 5.10 Å². The van der Waals surface area contributed by atoms with E-state index >= 15 is 0 Å². The molecule has 0 spiro atoms. The Hall–Kier alpha value is -2.14. The number of thiophene rings is 1. The Bertz CT molecular complexity index is 606. The Morgan fingerprint density at radius 1 is 1.30 bits per heavy atom. The van der Waals surface area contributed by atoms with Crippen LogP contribution in [0.1, 0.15) is 17.4 Å². The molecular formula is C15H16N2O2S. The van der Waals surface area contributed by atoms with E-state index in [2.05, 4.69) is 10.5 Å². The van der Waals surface area contributed by atoms with Gasteiger partial charge in [0.25, 0.3) is 5.91 Å². The number of benzene rings is 1. The second kappa shape index (κ2) is 6.86. The number of nitrogens with one attached hydrogen (secondary N) is 1. The summed E-state index contributed by atoms with van der Waals surface area (Å²) in [5.74, 6) is 0.436. The molecule has 0 atom stereocenters. The van der Waals surface area contributed by atoms with E-state index in [-0.39, 0.29) is 12.5 Å². The van der Waals surface area contributed by atoms with E-state index in [1.807, 2.05) is 55.6 Å². The number of carbonyl (C=O) groups excluding carboxylic acids is 1. The molecule has 1 heterocycles. The van der Waals surface area contributed by atoms with Crippen LogP contribution in [0.15, 0.2) is 46.9 Å². The molecular weight excluding hydrogens is 272 g/mol. The van der Waals surface area contributed by atoms with Gasteiger partial charge in [0.2, 0.25) is 0 Å². The van der Waals surface area contributed by atoms with Gasteiger partial charge in [0.15, 0.2) is 6.61 Å². The Morgan fingerprint density at radius 2 is 2.10 bits per heavy atom. The van der Waals surface area contributed by atoms with Gasteiger partial charge in [0.1, 0.15) is 5.75 Å². The molecule has 2 aromatic rings. The van der Waals surface area contributed by atoms with Crippen molar-refractivity contribution < 1.29 is 9.53 Å². The molecule has 0 radical (unpaired) electrons. The first-order chi connectivity index (χ1) is 9.66. The normalized spacial score (nSPS) is 11.2. The fourth-order valence-electron chi connectivity index (χ4n) is 1.58. The quantitative estimate of drug-likeness (QED) is 0.679. The number of hydrazone groups is 1. The van der Waals surface area contributed by atoms with Crippen molar-refractivity contribution in [1.82, 2.24) is 5.43 Å². The molecule has 1 aromatic heterocycles. The SMILES string of the molecule is CC(=NNC(=O)COc1ccccc1C)c1cccs1. The Labute approximate surface area is 122 Å². The van der Waals surface area contributed by atoms with Crippen LogP contribution in [0.4, 0.5) is 0 Å². The van der Waals surface area contributed by atoms with E-state index in [1.165, 1.54) is 0 Å². The van der Waals surface area contributed by atoms with Crippen molar-refractivity contribution in [3.63, 3.8) is 0 Å². The summed E-state index contributed by atoms with van der Waals surface area (Å²) >= 11 is 1.58. The summed E-state index contributed by atoms with van der Waals surface area (Å²) in [5, 5.41) is 6.02. The van der Waals surface area contributed by atoms with E-state index in [4.69, 9.17) is 4.74 Å². The number of para-hydroxylation sites is 1. The zero-order valence-electron chi connectivity index (χ0n) is 11.4. The van der Waals surface area contributed by atoms with Crippen LogP contribution in [0.25, 0.3) is 0 Å². The summed E-state index contributed by atoms with van der Waals surface area (Å²) in [6.45, 7) is 3.74. The van der Waals surface area contributed by atoms with E-state index in [0.717, 1.165) is 16.2 Å². The molecule has 1 aromatic carbocycles. The number of aryl methyl sites for hydroxylation is 1. The number of hydrogen-bond acceptors (Lipinski definition) is 4. The van der Waals surface area contributed by atoms with Crippen molar-refractivity contribution in [1.29, 1.82) is 0 Å². The molecule has 1 N–H and O–H groups in total. The molecule has 4 nitrogen and oxygen atoms in total. The third-order valence-electron chi connectivity index (χ3n) is 2.68. The molecule has 0 aliphatic carbocycles. The topological polar surface area (TPSA) is 50.7 Å². The summed E-state index contributed by atoms with van der Waals surface area (Å²) in [4.78, 5) is 12.7. The average molecular weight is 288 g/mol. The van der Waals surface area contributed by atoms with E-state index in [9.17, 15) is 4.79 Å². The average Bonchev–Trinajstić information content (AvgIpc) is 2.98. The Balaban J connectivity index is 1.84. The number of hydrogen-bond donors (Lipinski definition) is 1. The van der Waals surface area contributed by atoms with Crippen molar-refractivity contribution >= 4 is 23.0 Å². The van der Waals surface area contributed by atoms with Gasteiger partial charge in [-0.25, -0.2) is 5.43 Å². The lowest BCUT2D eigenvalue weighted by molar-refractivity contribution is -0.123. The standard InChI is InChI=1S/C15H16N2O2S/c1-11-6-3-4-7-13(11)19-10-15(18)17-16-12(2)14-8-5-9-20-14/h3-9H,10H2,1-2H3,(H,17,18). The van der Waals surface area contributed by atoms with E-state index in [1.54, 1.807) is 11.3 Å². The first-order valence-electron chi connectivity index (χ1n) is 6.22. The number of rotatable bonds is 5. The lowest BCUT2D eigenvalue weighted by Gasteiger charge is -2.07. The molecule has 0 aliphatic rings. The summed E-state index contributed by atoms with van der Waals surface area (Å²) in [7, 11) is 0. The molecule has 0 unspecified atom stereocenters. The van der Waals surface area contributed by atoms with Crippen LogP contribution in [0.3, 0.4) is 0 Å². The number of nitrogens with zero attached hydrogens (tertiary/aromatic N) is 1. The third-order valence-corrected chi connectivity index (χ3v) is 3.66. The minimum absolute atomic E-state index is 0.0495. The van der Waals surface area contributed by atoms with Gasteiger partial charge in [-0.1, -0.05) is 24.3 Å². The lowest BCUT2D eigenvalue weighted by atomic mass is 10.2. The second-order valence-corrected chi connectivity index (χ2v) is 5.21. The number of amides is 1. The van der Waals surface area contributed by atoms with Gasteiger partial charge in [-0.05, 0) is 36.9 Å². The molecule has 0 bridgehead atoms. The molecule has 0 fully saturated rings. The fraction of sp³-hybridized carbons (Fsp3) is 0.200. The summed E-state index contributed by atoms with van der Waals surface area (Å²) in [6, 6.07) is 11.5. The van der Waals surface area contributed by atoms with Crippen LogP contribution >= 0.6 is 11.3 Å². The zero-order chi connectivity index (χ0) is 14.4. The highest BCUT2D eigenvalue weighted by Crippen LogP contribution is 2.15. The molecule has 0 aliphatic heterocycles. The monoisotopic (exact) mass is 288 g/mol. The summed E-state index contributed by atoms with van der Waals surface area (Å²) < 4.78 is 5.44. The summed E-state index contributed by atoms with van der Waals surface area (Å²) in [6.07, 6.45) is 0. The predicted molar refractivity (Wildman–Crippen MR) is 81.3 cm³/mol.